The SMILES string of the molecule is COc1ccc(NC(=O)C(C)Sc2nnc3n(C)c(=O)c4ccccc4n23)cc1Cl. The Morgan fingerprint density at radius 3 is 2.73 bits per heavy atom. The van der Waals surface area contributed by atoms with E-state index in [9.17, 15) is 9.59 Å². The third kappa shape index (κ3) is 3.50. The van der Waals surface area contributed by atoms with E-state index in [0.717, 1.165) is 0 Å². The van der Waals surface area contributed by atoms with Crippen LogP contribution in [-0.2, 0) is 11.8 Å². The molecule has 2 aromatic carbocycles. The van der Waals surface area contributed by atoms with E-state index in [1.54, 1.807) is 42.6 Å². The van der Waals surface area contributed by atoms with Crippen LogP contribution in [0, 0.1) is 0 Å². The molecule has 0 spiro atoms. The molecule has 1 unspecified atom stereocenters. The number of hydrogen-bond donors (Lipinski definition) is 1. The number of para-hydroxylation sites is 1. The summed E-state index contributed by atoms with van der Waals surface area (Å²) in [4.78, 5) is 25.3. The summed E-state index contributed by atoms with van der Waals surface area (Å²) >= 11 is 7.38. The van der Waals surface area contributed by atoms with Crippen LogP contribution in [0.15, 0.2) is 52.4 Å². The zero-order valence-electron chi connectivity index (χ0n) is 16.4. The lowest BCUT2D eigenvalue weighted by Gasteiger charge is -2.13. The summed E-state index contributed by atoms with van der Waals surface area (Å²) in [5.41, 5.74) is 1.11. The molecule has 0 fully saturated rings. The Balaban J connectivity index is 1.63. The van der Waals surface area contributed by atoms with Crippen molar-refractivity contribution >= 4 is 51.6 Å². The highest BCUT2D eigenvalue weighted by molar-refractivity contribution is 8.00. The standard InChI is InChI=1S/C20H18ClN5O3S/c1-11(17(27)22-12-8-9-16(29-3)14(21)10-12)30-20-24-23-19-25(2)18(28)13-6-4-5-7-15(13)26(19)20/h4-11H,1-3H3,(H,22,27). The number of benzene rings is 2. The molecule has 2 heterocycles. The predicted molar refractivity (Wildman–Crippen MR) is 118 cm³/mol. The summed E-state index contributed by atoms with van der Waals surface area (Å²) in [6.45, 7) is 1.77. The lowest BCUT2D eigenvalue weighted by Crippen LogP contribution is -2.23. The van der Waals surface area contributed by atoms with E-state index in [-0.39, 0.29) is 11.5 Å². The molecule has 2 aromatic heterocycles. The quantitative estimate of drug-likeness (QED) is 0.475. The van der Waals surface area contributed by atoms with Gasteiger partial charge in [0.05, 0.1) is 28.3 Å². The molecule has 4 rings (SSSR count). The van der Waals surface area contributed by atoms with Gasteiger partial charge < -0.3 is 10.1 Å². The Labute approximate surface area is 180 Å². The summed E-state index contributed by atoms with van der Waals surface area (Å²) in [6, 6.07) is 12.3. The molecule has 0 radical (unpaired) electrons. The summed E-state index contributed by atoms with van der Waals surface area (Å²) in [5, 5.41) is 12.2. The maximum Gasteiger partial charge on any atom is 0.262 e. The van der Waals surface area contributed by atoms with Crippen LogP contribution in [0.2, 0.25) is 5.02 Å². The first-order valence-corrected chi connectivity index (χ1v) is 10.3. The fourth-order valence-corrected chi connectivity index (χ4v) is 4.20. The zero-order valence-corrected chi connectivity index (χ0v) is 18.0. The van der Waals surface area contributed by atoms with Gasteiger partial charge in [0.1, 0.15) is 5.75 Å². The molecule has 0 aliphatic heterocycles. The van der Waals surface area contributed by atoms with Crippen LogP contribution < -0.4 is 15.6 Å². The zero-order chi connectivity index (χ0) is 21.4. The summed E-state index contributed by atoms with van der Waals surface area (Å²) in [5.74, 6) is 0.729. The molecule has 0 bridgehead atoms. The van der Waals surface area contributed by atoms with E-state index in [2.05, 4.69) is 15.5 Å². The number of aryl methyl sites for hydroxylation is 1. The first kappa shape index (κ1) is 20.2. The van der Waals surface area contributed by atoms with Gasteiger partial charge in [-0.15, -0.1) is 10.2 Å². The van der Waals surface area contributed by atoms with Gasteiger partial charge in [-0.05, 0) is 37.3 Å². The highest BCUT2D eigenvalue weighted by Crippen LogP contribution is 2.29. The average molecular weight is 444 g/mol. The molecule has 10 heteroatoms. The first-order chi connectivity index (χ1) is 14.4. The van der Waals surface area contributed by atoms with Crippen molar-refractivity contribution in [3.63, 3.8) is 0 Å². The van der Waals surface area contributed by atoms with Crippen LogP contribution in [-0.4, -0.2) is 37.4 Å². The van der Waals surface area contributed by atoms with Crippen LogP contribution in [0.3, 0.4) is 0 Å². The highest BCUT2D eigenvalue weighted by Gasteiger charge is 2.21. The number of carbonyl (C=O) groups excluding carboxylic acids is 1. The van der Waals surface area contributed by atoms with Crippen LogP contribution >= 0.6 is 23.4 Å². The molecule has 1 atom stereocenters. The molecule has 0 aliphatic rings. The first-order valence-electron chi connectivity index (χ1n) is 9.04. The van der Waals surface area contributed by atoms with Gasteiger partial charge in [-0.3, -0.25) is 18.6 Å². The van der Waals surface area contributed by atoms with Gasteiger partial charge in [0.15, 0.2) is 5.16 Å². The number of carbonyl (C=O) groups is 1. The number of anilines is 1. The third-order valence-electron chi connectivity index (χ3n) is 4.67. The maximum absolute atomic E-state index is 12.7. The maximum atomic E-state index is 12.7. The minimum Gasteiger partial charge on any atom is -0.495 e. The number of nitrogens with one attached hydrogen (secondary N) is 1. The minimum atomic E-state index is -0.478. The number of halogens is 1. The van der Waals surface area contributed by atoms with E-state index in [1.165, 1.54) is 23.4 Å². The summed E-state index contributed by atoms with van der Waals surface area (Å²) in [6.07, 6.45) is 0. The topological polar surface area (TPSA) is 90.5 Å². The highest BCUT2D eigenvalue weighted by atomic mass is 35.5. The molecule has 4 aromatic rings. The number of ether oxygens (including phenoxy) is 1. The molecular weight excluding hydrogens is 426 g/mol. The molecule has 30 heavy (non-hydrogen) atoms. The largest absolute Gasteiger partial charge is 0.495 e. The summed E-state index contributed by atoms with van der Waals surface area (Å²) < 4.78 is 8.36. The number of thioether (sulfide) groups is 1. The minimum absolute atomic E-state index is 0.149. The van der Waals surface area contributed by atoms with Crippen LogP contribution in [0.4, 0.5) is 5.69 Å². The van der Waals surface area contributed by atoms with E-state index in [0.29, 0.717) is 38.3 Å². The third-order valence-corrected chi connectivity index (χ3v) is 6.01. The van der Waals surface area contributed by atoms with Gasteiger partial charge in [0.2, 0.25) is 11.7 Å². The second-order valence-electron chi connectivity index (χ2n) is 6.60. The van der Waals surface area contributed by atoms with Gasteiger partial charge in [0.25, 0.3) is 5.56 Å². The van der Waals surface area contributed by atoms with Gasteiger partial charge >= 0.3 is 0 Å². The molecular formula is C20H18ClN5O3S. The number of amides is 1. The number of hydrogen-bond acceptors (Lipinski definition) is 6. The number of fused-ring (bicyclic) bond motifs is 3. The van der Waals surface area contributed by atoms with Crippen molar-refractivity contribution in [3.8, 4) is 5.75 Å². The van der Waals surface area contributed by atoms with E-state index < -0.39 is 5.25 Å². The van der Waals surface area contributed by atoms with Crippen LogP contribution in [0.5, 0.6) is 5.75 Å². The monoisotopic (exact) mass is 443 g/mol. The lowest BCUT2D eigenvalue weighted by molar-refractivity contribution is -0.115. The molecule has 1 amide bonds. The van der Waals surface area contributed by atoms with Crippen molar-refractivity contribution in [3.05, 3.63) is 57.8 Å². The predicted octanol–water partition coefficient (Wildman–Crippen LogP) is 3.36. The van der Waals surface area contributed by atoms with Crippen molar-refractivity contribution < 1.29 is 9.53 Å². The van der Waals surface area contributed by atoms with E-state index in [1.807, 2.05) is 18.2 Å². The Morgan fingerprint density at radius 2 is 2.00 bits per heavy atom. The lowest BCUT2D eigenvalue weighted by atomic mass is 10.2. The fourth-order valence-electron chi connectivity index (χ4n) is 3.09. The summed E-state index contributed by atoms with van der Waals surface area (Å²) in [7, 11) is 3.18. The van der Waals surface area contributed by atoms with Gasteiger partial charge in [-0.2, -0.15) is 0 Å². The Morgan fingerprint density at radius 1 is 1.23 bits per heavy atom. The van der Waals surface area contributed by atoms with Crippen molar-refractivity contribution in [1.29, 1.82) is 0 Å². The van der Waals surface area contributed by atoms with Crippen molar-refractivity contribution in [2.24, 2.45) is 7.05 Å². The van der Waals surface area contributed by atoms with Crippen LogP contribution in [0.1, 0.15) is 6.92 Å². The molecule has 154 valence electrons. The second kappa shape index (κ2) is 8.00. The average Bonchev–Trinajstić information content (AvgIpc) is 3.16. The molecule has 0 aliphatic carbocycles. The van der Waals surface area contributed by atoms with Gasteiger partial charge in [0, 0.05) is 12.7 Å². The van der Waals surface area contributed by atoms with E-state index in [4.69, 9.17) is 16.3 Å². The molecule has 8 nitrogen and oxygen atoms in total. The number of rotatable bonds is 5. The Hall–Kier alpha value is -3.04. The van der Waals surface area contributed by atoms with Crippen molar-refractivity contribution in [2.45, 2.75) is 17.3 Å². The second-order valence-corrected chi connectivity index (χ2v) is 8.31. The number of nitrogens with zero attached hydrogens (tertiary/aromatic N) is 4. The Bertz CT molecular complexity index is 1330. The van der Waals surface area contributed by atoms with E-state index >= 15 is 0 Å². The van der Waals surface area contributed by atoms with Gasteiger partial charge in [-0.25, -0.2) is 0 Å². The number of methoxy groups -OCH3 is 1. The van der Waals surface area contributed by atoms with Crippen molar-refractivity contribution in [2.75, 3.05) is 12.4 Å². The Kier molecular flexibility index (Phi) is 5.40. The normalized spacial score (nSPS) is 12.3. The number of aromatic nitrogens is 4. The van der Waals surface area contributed by atoms with Crippen molar-refractivity contribution in [1.82, 2.24) is 19.2 Å². The molecule has 0 saturated heterocycles. The smallest absolute Gasteiger partial charge is 0.262 e. The fraction of sp³-hybridized carbons (Fsp3) is 0.200. The molecule has 0 saturated carbocycles. The van der Waals surface area contributed by atoms with Crippen LogP contribution in [0.25, 0.3) is 16.7 Å². The molecule has 1 N–H and O–H groups in total. The van der Waals surface area contributed by atoms with Gasteiger partial charge in [-0.1, -0.05) is 35.5 Å².